The number of hydrogen-bond acceptors (Lipinski definition) is 6. The zero-order chi connectivity index (χ0) is 23.2. The number of imidazole rings is 1. The molecule has 0 aliphatic carbocycles. The number of aryl methyl sites for hydroxylation is 1. The summed E-state index contributed by atoms with van der Waals surface area (Å²) in [7, 11) is 1.30. The van der Waals surface area contributed by atoms with Crippen LogP contribution in [0.25, 0.3) is 5.65 Å². The lowest BCUT2D eigenvalue weighted by Crippen LogP contribution is -2.14. The van der Waals surface area contributed by atoms with Gasteiger partial charge >= 0.3 is 5.97 Å². The predicted octanol–water partition coefficient (Wildman–Crippen LogP) is 4.03. The number of ether oxygens (including phenoxy) is 3. The molecule has 0 unspecified atom stereocenters. The van der Waals surface area contributed by atoms with E-state index >= 15 is 0 Å². The summed E-state index contributed by atoms with van der Waals surface area (Å²) < 4.78 is 17.7. The molecule has 2 heterocycles. The first-order valence-corrected chi connectivity index (χ1v) is 10.3. The first-order chi connectivity index (χ1) is 16.0. The van der Waals surface area contributed by atoms with Crippen LogP contribution in [0.5, 0.6) is 11.5 Å². The van der Waals surface area contributed by atoms with Gasteiger partial charge < -0.3 is 23.9 Å². The zero-order valence-corrected chi connectivity index (χ0v) is 18.3. The molecule has 0 bridgehead atoms. The van der Waals surface area contributed by atoms with Crippen LogP contribution in [-0.4, -0.2) is 35.0 Å². The third kappa shape index (κ3) is 5.30. The molecular weight excluding hydrogens is 422 g/mol. The van der Waals surface area contributed by atoms with Crippen LogP contribution in [0.2, 0.25) is 0 Å². The Morgan fingerprint density at radius 2 is 1.79 bits per heavy atom. The molecule has 0 spiro atoms. The van der Waals surface area contributed by atoms with E-state index in [2.05, 4.69) is 15.0 Å². The van der Waals surface area contributed by atoms with Crippen molar-refractivity contribution in [1.29, 1.82) is 0 Å². The van der Waals surface area contributed by atoms with Crippen molar-refractivity contribution in [1.82, 2.24) is 9.38 Å². The fourth-order valence-corrected chi connectivity index (χ4v) is 3.24. The summed E-state index contributed by atoms with van der Waals surface area (Å²) in [5, 5.41) is 2.84. The summed E-state index contributed by atoms with van der Waals surface area (Å²) in [4.78, 5) is 28.6. The Bertz CT molecular complexity index is 1280. The van der Waals surface area contributed by atoms with Gasteiger partial charge in [0.2, 0.25) is 0 Å². The maximum atomic E-state index is 12.9. The van der Waals surface area contributed by atoms with Crippen LogP contribution in [0, 0.1) is 6.92 Å². The van der Waals surface area contributed by atoms with Crippen LogP contribution in [0.3, 0.4) is 0 Å². The molecule has 0 radical (unpaired) electrons. The minimum atomic E-state index is -0.470. The van der Waals surface area contributed by atoms with Gasteiger partial charge in [0.25, 0.3) is 5.91 Å². The average molecular weight is 445 g/mol. The van der Waals surface area contributed by atoms with Gasteiger partial charge in [0.05, 0.1) is 18.4 Å². The van der Waals surface area contributed by atoms with E-state index in [0.29, 0.717) is 22.7 Å². The van der Waals surface area contributed by atoms with Crippen LogP contribution < -0.4 is 14.8 Å². The normalized spacial score (nSPS) is 10.6. The molecule has 0 aliphatic heterocycles. The molecule has 1 N–H and O–H groups in total. The second-order valence-corrected chi connectivity index (χ2v) is 7.28. The third-order valence-corrected chi connectivity index (χ3v) is 4.93. The monoisotopic (exact) mass is 445 g/mol. The number of aromatic nitrogens is 2. The van der Waals surface area contributed by atoms with Crippen LogP contribution >= 0.6 is 0 Å². The van der Waals surface area contributed by atoms with E-state index in [1.54, 1.807) is 42.5 Å². The zero-order valence-electron chi connectivity index (χ0n) is 18.3. The minimum Gasteiger partial charge on any atom is -0.486 e. The summed E-state index contributed by atoms with van der Waals surface area (Å²) in [6.07, 6.45) is 3.85. The highest BCUT2D eigenvalue weighted by Crippen LogP contribution is 2.22. The van der Waals surface area contributed by atoms with Crippen molar-refractivity contribution in [3.8, 4) is 11.5 Å². The van der Waals surface area contributed by atoms with Gasteiger partial charge in [-0.15, -0.1) is 0 Å². The first kappa shape index (κ1) is 21.9. The number of esters is 1. The number of para-hydroxylation sites is 1. The van der Waals surface area contributed by atoms with E-state index in [1.807, 2.05) is 41.9 Å². The molecule has 8 heteroatoms. The molecule has 0 saturated carbocycles. The lowest BCUT2D eigenvalue weighted by Gasteiger charge is -2.11. The summed E-state index contributed by atoms with van der Waals surface area (Å²) in [6.45, 7) is 2.06. The third-order valence-electron chi connectivity index (χ3n) is 4.93. The fourth-order valence-electron chi connectivity index (χ4n) is 3.24. The molecule has 2 aromatic heterocycles. The topological polar surface area (TPSA) is 91.2 Å². The summed E-state index contributed by atoms with van der Waals surface area (Å²) in [5.74, 6) is 0.175. The van der Waals surface area contributed by atoms with Crippen LogP contribution in [0.1, 0.15) is 21.6 Å². The van der Waals surface area contributed by atoms with E-state index in [-0.39, 0.29) is 19.1 Å². The maximum Gasteiger partial charge on any atom is 0.343 e. The number of benzene rings is 2. The second-order valence-electron chi connectivity index (χ2n) is 7.28. The van der Waals surface area contributed by atoms with Crippen molar-refractivity contribution >= 4 is 23.2 Å². The Kier molecular flexibility index (Phi) is 6.54. The molecule has 0 fully saturated rings. The number of nitrogens with one attached hydrogen (secondary N) is 1. The number of carbonyl (C=O) groups excluding carboxylic acids is 2. The van der Waals surface area contributed by atoms with Crippen LogP contribution in [-0.2, 0) is 16.1 Å². The minimum absolute atomic E-state index is 0.182. The molecule has 0 aliphatic rings. The number of carbonyl (C=O) groups is 2. The fraction of sp³-hybridized carbons (Fsp3) is 0.160. The van der Waals surface area contributed by atoms with Crippen molar-refractivity contribution in [3.63, 3.8) is 0 Å². The largest absolute Gasteiger partial charge is 0.486 e. The molecular formula is C25H23N3O5. The van der Waals surface area contributed by atoms with Crippen molar-refractivity contribution in [2.45, 2.75) is 13.5 Å². The van der Waals surface area contributed by atoms with Crippen LogP contribution in [0.4, 0.5) is 5.69 Å². The second kappa shape index (κ2) is 9.86. The highest BCUT2D eigenvalue weighted by molar-refractivity contribution is 6.06. The molecule has 0 saturated heterocycles. The molecule has 0 atom stereocenters. The summed E-state index contributed by atoms with van der Waals surface area (Å²) >= 11 is 0. The lowest BCUT2D eigenvalue weighted by atomic mass is 10.2. The van der Waals surface area contributed by atoms with E-state index in [0.717, 1.165) is 16.9 Å². The number of anilines is 1. The van der Waals surface area contributed by atoms with Gasteiger partial charge in [-0.1, -0.05) is 18.2 Å². The lowest BCUT2D eigenvalue weighted by molar-refractivity contribution is -0.142. The molecule has 8 nitrogen and oxygen atoms in total. The van der Waals surface area contributed by atoms with Crippen molar-refractivity contribution < 1.29 is 23.8 Å². The maximum absolute atomic E-state index is 12.9. The van der Waals surface area contributed by atoms with Gasteiger partial charge in [-0.3, -0.25) is 4.79 Å². The van der Waals surface area contributed by atoms with Crippen LogP contribution in [0.15, 0.2) is 73.1 Å². The van der Waals surface area contributed by atoms with Gasteiger partial charge in [-0.05, 0) is 55.0 Å². The summed E-state index contributed by atoms with van der Waals surface area (Å²) in [5.41, 5.74) is 3.70. The predicted molar refractivity (Wildman–Crippen MR) is 123 cm³/mol. The number of rotatable bonds is 8. The molecule has 168 valence electrons. The molecule has 2 aromatic carbocycles. The molecule has 33 heavy (non-hydrogen) atoms. The van der Waals surface area contributed by atoms with Crippen molar-refractivity contribution in [2.75, 3.05) is 19.0 Å². The van der Waals surface area contributed by atoms with E-state index in [9.17, 15) is 9.59 Å². The van der Waals surface area contributed by atoms with Gasteiger partial charge in [0.15, 0.2) is 6.61 Å². The highest BCUT2D eigenvalue weighted by Gasteiger charge is 2.14. The van der Waals surface area contributed by atoms with Crippen molar-refractivity contribution in [2.24, 2.45) is 0 Å². The molecule has 4 rings (SSSR count). The van der Waals surface area contributed by atoms with E-state index in [1.165, 1.54) is 7.11 Å². The van der Waals surface area contributed by atoms with Gasteiger partial charge in [0, 0.05) is 18.1 Å². The quantitative estimate of drug-likeness (QED) is 0.412. The Balaban J connectivity index is 1.41. The highest BCUT2D eigenvalue weighted by atomic mass is 16.6. The van der Waals surface area contributed by atoms with Crippen molar-refractivity contribution in [3.05, 3.63) is 89.9 Å². The number of fused-ring (bicyclic) bond motifs is 1. The van der Waals surface area contributed by atoms with E-state index in [4.69, 9.17) is 9.47 Å². The molecule has 4 aromatic rings. The SMILES string of the molecule is COC(=O)COc1ccc(NC(=O)c2ccccc2OCc2cn3cccc(C)c3n2)cc1. The Morgan fingerprint density at radius 3 is 2.55 bits per heavy atom. The molecule has 1 amide bonds. The van der Waals surface area contributed by atoms with Gasteiger partial charge in [-0.25, -0.2) is 9.78 Å². The summed E-state index contributed by atoms with van der Waals surface area (Å²) in [6, 6.07) is 17.7. The Hall–Kier alpha value is -4.33. The Labute approximate surface area is 190 Å². The Morgan fingerprint density at radius 1 is 1.00 bits per heavy atom. The smallest absolute Gasteiger partial charge is 0.343 e. The van der Waals surface area contributed by atoms with E-state index < -0.39 is 5.97 Å². The number of nitrogens with zero attached hydrogens (tertiary/aromatic N) is 2. The number of hydrogen-bond donors (Lipinski definition) is 1. The average Bonchev–Trinajstić information content (AvgIpc) is 3.27. The first-order valence-electron chi connectivity index (χ1n) is 10.3. The number of amides is 1. The number of pyridine rings is 1. The number of methoxy groups -OCH3 is 1. The standard InChI is InChI=1S/C25H23N3O5/c1-17-6-5-13-28-14-19(26-24(17)28)15-33-22-8-4-3-7-21(22)25(30)27-18-9-11-20(12-10-18)32-16-23(29)31-2/h3-14H,15-16H2,1-2H3,(H,27,30). The van der Waals surface area contributed by atoms with Gasteiger partial charge in [0.1, 0.15) is 23.8 Å². The van der Waals surface area contributed by atoms with Gasteiger partial charge in [-0.2, -0.15) is 0 Å².